The lowest BCUT2D eigenvalue weighted by atomic mass is 10.2. The number of hydrazone groups is 1. The summed E-state index contributed by atoms with van der Waals surface area (Å²) in [6.45, 7) is 6.87. The van der Waals surface area contributed by atoms with E-state index in [4.69, 9.17) is 9.47 Å². The Morgan fingerprint density at radius 2 is 1.93 bits per heavy atom. The van der Waals surface area contributed by atoms with Gasteiger partial charge >= 0.3 is 5.97 Å². The largest absolute Gasteiger partial charge is 0.494 e. The Labute approximate surface area is 171 Å². The molecule has 0 aliphatic heterocycles. The highest BCUT2D eigenvalue weighted by Crippen LogP contribution is 2.23. The minimum atomic E-state index is -0.351. The van der Waals surface area contributed by atoms with Gasteiger partial charge in [-0.05, 0) is 50.1 Å². The summed E-state index contributed by atoms with van der Waals surface area (Å²) in [5.74, 6) is 0.519. The molecule has 0 spiro atoms. The quantitative estimate of drug-likeness (QED) is 0.222. The number of nitrogens with one attached hydrogen (secondary N) is 1. The van der Waals surface area contributed by atoms with E-state index in [-0.39, 0.29) is 5.97 Å². The summed E-state index contributed by atoms with van der Waals surface area (Å²) in [6, 6.07) is 7.79. The maximum Gasteiger partial charge on any atom is 0.350 e. The van der Waals surface area contributed by atoms with Crippen LogP contribution < -0.4 is 10.2 Å². The van der Waals surface area contributed by atoms with Crippen LogP contribution in [0.1, 0.15) is 66.9 Å². The Morgan fingerprint density at radius 3 is 2.64 bits per heavy atom. The van der Waals surface area contributed by atoms with Crippen LogP contribution >= 0.6 is 11.3 Å². The number of unbranched alkanes of at least 4 members (excludes halogenated alkanes) is 4. The van der Waals surface area contributed by atoms with Crippen LogP contribution in [0.3, 0.4) is 0 Å². The summed E-state index contributed by atoms with van der Waals surface area (Å²) in [6.07, 6.45) is 7.85. The summed E-state index contributed by atoms with van der Waals surface area (Å²) in [7, 11) is 0. The smallest absolute Gasteiger partial charge is 0.350 e. The van der Waals surface area contributed by atoms with E-state index in [1.165, 1.54) is 37.0 Å². The van der Waals surface area contributed by atoms with Gasteiger partial charge in [0, 0.05) is 0 Å². The zero-order chi connectivity index (χ0) is 20.2. The summed E-state index contributed by atoms with van der Waals surface area (Å²) >= 11 is 1.23. The minimum Gasteiger partial charge on any atom is -0.494 e. The van der Waals surface area contributed by atoms with Gasteiger partial charge in [0.05, 0.1) is 25.1 Å². The molecule has 0 fully saturated rings. The molecule has 0 aliphatic rings. The van der Waals surface area contributed by atoms with Gasteiger partial charge in [0.25, 0.3) is 0 Å². The van der Waals surface area contributed by atoms with Gasteiger partial charge in [-0.2, -0.15) is 5.10 Å². The molecular formula is C21H29N3O3S. The number of rotatable bonds is 12. The lowest BCUT2D eigenvalue weighted by molar-refractivity contribution is 0.0531. The molecule has 7 heteroatoms. The number of aromatic nitrogens is 1. The SMILES string of the molecule is CCCCCCCOc1ccc(/C=N/Nc2nc(C)c(C(=O)OCC)s2)cc1. The molecule has 1 N–H and O–H groups in total. The van der Waals surface area contributed by atoms with Crippen LogP contribution in [-0.4, -0.2) is 30.4 Å². The number of thiazole rings is 1. The first kappa shape index (κ1) is 21.9. The number of nitrogens with zero attached hydrogens (tertiary/aromatic N) is 2. The van der Waals surface area contributed by atoms with Crippen LogP contribution in [0.2, 0.25) is 0 Å². The molecule has 0 atom stereocenters. The fourth-order valence-corrected chi connectivity index (χ4v) is 3.35. The van der Waals surface area contributed by atoms with Crippen molar-refractivity contribution in [1.29, 1.82) is 0 Å². The second-order valence-corrected chi connectivity index (χ2v) is 7.35. The van der Waals surface area contributed by atoms with Crippen molar-refractivity contribution in [3.05, 3.63) is 40.4 Å². The zero-order valence-electron chi connectivity index (χ0n) is 16.9. The second kappa shape index (κ2) is 12.1. The number of esters is 1. The first-order chi connectivity index (χ1) is 13.6. The van der Waals surface area contributed by atoms with Crippen LogP contribution in [0.5, 0.6) is 5.75 Å². The molecule has 0 radical (unpaired) electrons. The Hall–Kier alpha value is -2.41. The van der Waals surface area contributed by atoms with Crippen molar-refractivity contribution in [3.8, 4) is 5.75 Å². The van der Waals surface area contributed by atoms with Gasteiger partial charge in [-0.15, -0.1) is 0 Å². The lowest BCUT2D eigenvalue weighted by Crippen LogP contribution is -2.03. The molecular weight excluding hydrogens is 374 g/mol. The zero-order valence-corrected chi connectivity index (χ0v) is 17.7. The molecule has 1 heterocycles. The van der Waals surface area contributed by atoms with E-state index in [0.29, 0.717) is 22.3 Å². The number of hydrogen-bond donors (Lipinski definition) is 1. The van der Waals surface area contributed by atoms with E-state index in [0.717, 1.165) is 24.3 Å². The van der Waals surface area contributed by atoms with Gasteiger partial charge in [0.2, 0.25) is 5.13 Å². The Balaban J connectivity index is 1.78. The Kier molecular flexibility index (Phi) is 9.48. The number of anilines is 1. The van der Waals surface area contributed by atoms with Crippen LogP contribution in [0.25, 0.3) is 0 Å². The Morgan fingerprint density at radius 1 is 1.18 bits per heavy atom. The third-order valence-electron chi connectivity index (χ3n) is 4.03. The standard InChI is InChI=1S/C21H29N3O3S/c1-4-6-7-8-9-14-27-18-12-10-17(11-13-18)15-22-24-21-23-16(3)19(28-21)20(25)26-5-2/h10-13,15H,4-9,14H2,1-3H3,(H,23,24)/b22-15+. The van der Waals surface area contributed by atoms with E-state index < -0.39 is 0 Å². The van der Waals surface area contributed by atoms with E-state index >= 15 is 0 Å². The maximum atomic E-state index is 11.8. The molecule has 0 amide bonds. The number of carbonyl (C=O) groups is 1. The van der Waals surface area contributed by atoms with Crippen LogP contribution in [0, 0.1) is 6.92 Å². The molecule has 0 aliphatic carbocycles. The van der Waals surface area contributed by atoms with Crippen molar-refractivity contribution in [2.45, 2.75) is 52.9 Å². The predicted octanol–water partition coefficient (Wildman–Crippen LogP) is 5.42. The van der Waals surface area contributed by atoms with Crippen molar-refractivity contribution in [1.82, 2.24) is 4.98 Å². The molecule has 6 nitrogen and oxygen atoms in total. The normalized spacial score (nSPS) is 11.0. The number of carbonyl (C=O) groups excluding carboxylic acids is 1. The van der Waals surface area contributed by atoms with Crippen molar-refractivity contribution in [2.75, 3.05) is 18.6 Å². The molecule has 0 bridgehead atoms. The van der Waals surface area contributed by atoms with E-state index in [1.807, 2.05) is 24.3 Å². The molecule has 28 heavy (non-hydrogen) atoms. The van der Waals surface area contributed by atoms with Crippen molar-refractivity contribution < 1.29 is 14.3 Å². The number of hydrogen-bond acceptors (Lipinski definition) is 7. The molecule has 0 saturated heterocycles. The summed E-state index contributed by atoms with van der Waals surface area (Å²) in [5.41, 5.74) is 4.44. The fourth-order valence-electron chi connectivity index (χ4n) is 2.54. The van der Waals surface area contributed by atoms with E-state index in [2.05, 4.69) is 22.4 Å². The monoisotopic (exact) mass is 403 g/mol. The molecule has 1 aromatic carbocycles. The molecule has 0 unspecified atom stereocenters. The lowest BCUT2D eigenvalue weighted by Gasteiger charge is -2.06. The Bertz CT molecular complexity index is 757. The third-order valence-corrected chi connectivity index (χ3v) is 5.07. The number of benzene rings is 1. The molecule has 152 valence electrons. The first-order valence-corrected chi connectivity index (χ1v) is 10.6. The predicted molar refractivity (Wildman–Crippen MR) is 115 cm³/mol. The van der Waals surface area contributed by atoms with Gasteiger partial charge in [-0.3, -0.25) is 5.43 Å². The van der Waals surface area contributed by atoms with Crippen LogP contribution in [0.4, 0.5) is 5.13 Å². The van der Waals surface area contributed by atoms with Crippen molar-refractivity contribution in [2.24, 2.45) is 5.10 Å². The highest BCUT2D eigenvalue weighted by atomic mass is 32.1. The third kappa shape index (κ3) is 7.31. The summed E-state index contributed by atoms with van der Waals surface area (Å²) < 4.78 is 10.8. The minimum absolute atomic E-state index is 0.343. The average Bonchev–Trinajstić information content (AvgIpc) is 3.06. The molecule has 2 aromatic rings. The van der Waals surface area contributed by atoms with E-state index in [1.54, 1.807) is 20.1 Å². The topological polar surface area (TPSA) is 72.8 Å². The highest BCUT2D eigenvalue weighted by Gasteiger charge is 2.15. The fraction of sp³-hybridized carbons (Fsp3) is 0.476. The van der Waals surface area contributed by atoms with Gasteiger partial charge in [0.15, 0.2) is 0 Å². The molecule has 2 rings (SSSR count). The van der Waals surface area contributed by atoms with Gasteiger partial charge in [-0.25, -0.2) is 9.78 Å². The van der Waals surface area contributed by atoms with Crippen molar-refractivity contribution in [3.63, 3.8) is 0 Å². The average molecular weight is 404 g/mol. The highest BCUT2D eigenvalue weighted by molar-refractivity contribution is 7.17. The maximum absolute atomic E-state index is 11.8. The molecule has 0 saturated carbocycles. The van der Waals surface area contributed by atoms with Gasteiger partial charge in [-0.1, -0.05) is 43.9 Å². The van der Waals surface area contributed by atoms with Gasteiger partial charge < -0.3 is 9.47 Å². The van der Waals surface area contributed by atoms with Crippen LogP contribution in [0.15, 0.2) is 29.4 Å². The van der Waals surface area contributed by atoms with Crippen LogP contribution in [-0.2, 0) is 4.74 Å². The van der Waals surface area contributed by atoms with E-state index in [9.17, 15) is 4.79 Å². The van der Waals surface area contributed by atoms with Crippen molar-refractivity contribution >= 4 is 28.7 Å². The summed E-state index contributed by atoms with van der Waals surface area (Å²) in [5, 5.41) is 4.74. The second-order valence-electron chi connectivity index (χ2n) is 6.36. The summed E-state index contributed by atoms with van der Waals surface area (Å²) in [4.78, 5) is 16.6. The number of ether oxygens (including phenoxy) is 2. The molecule has 1 aromatic heterocycles. The number of aryl methyl sites for hydroxylation is 1. The van der Waals surface area contributed by atoms with Gasteiger partial charge in [0.1, 0.15) is 10.6 Å². The first-order valence-electron chi connectivity index (χ1n) is 9.80.